The minimum Gasteiger partial charge on any atom is -0.508 e. The molecule has 0 unspecified atom stereocenters. The molecule has 0 aliphatic heterocycles. The van der Waals surface area contributed by atoms with Crippen LogP contribution in [0.15, 0.2) is 59.7 Å². The summed E-state index contributed by atoms with van der Waals surface area (Å²) in [6.07, 6.45) is 0. The smallest absolute Gasteiger partial charge is 0.289 e. The van der Waals surface area contributed by atoms with Gasteiger partial charge in [0, 0.05) is 11.1 Å². The number of phenols is 1. The molecular weight excluding hydrogens is 344 g/mol. The van der Waals surface area contributed by atoms with Crippen LogP contribution in [0.4, 0.5) is 0 Å². The van der Waals surface area contributed by atoms with Gasteiger partial charge >= 0.3 is 0 Å². The molecule has 2 aromatic carbocycles. The van der Waals surface area contributed by atoms with E-state index >= 15 is 0 Å². The van der Waals surface area contributed by atoms with Gasteiger partial charge in [-0.15, -0.1) is 0 Å². The fourth-order valence-corrected chi connectivity index (χ4v) is 2.53. The van der Waals surface area contributed by atoms with Crippen LogP contribution in [0.5, 0.6) is 11.5 Å². The average molecular weight is 364 g/mol. The molecule has 7 nitrogen and oxygen atoms in total. The summed E-state index contributed by atoms with van der Waals surface area (Å²) in [6.45, 7) is 4.19. The van der Waals surface area contributed by atoms with Crippen LogP contribution in [0, 0.1) is 0 Å². The van der Waals surface area contributed by atoms with Gasteiger partial charge in [-0.2, -0.15) is 10.2 Å². The summed E-state index contributed by atoms with van der Waals surface area (Å²) in [6, 6.07) is 15.8. The largest absolute Gasteiger partial charge is 0.508 e. The Kier molecular flexibility index (Phi) is 5.51. The molecule has 27 heavy (non-hydrogen) atoms. The molecule has 1 aromatic heterocycles. The SMILES string of the molecule is CCOc1ccccc1-c1cc(C(=O)N/N=C(\C)c2cccc(O)c2)[nH]n1. The van der Waals surface area contributed by atoms with Crippen molar-refractivity contribution in [3.8, 4) is 22.8 Å². The summed E-state index contributed by atoms with van der Waals surface area (Å²) in [7, 11) is 0. The number of nitrogens with one attached hydrogen (secondary N) is 2. The second kappa shape index (κ2) is 8.18. The Morgan fingerprint density at radius 2 is 2.04 bits per heavy atom. The third-order valence-corrected chi connectivity index (χ3v) is 3.87. The molecule has 0 atom stereocenters. The molecule has 3 aromatic rings. The van der Waals surface area contributed by atoms with Crippen molar-refractivity contribution < 1.29 is 14.6 Å². The first-order valence-electron chi connectivity index (χ1n) is 8.50. The van der Waals surface area contributed by atoms with Gasteiger partial charge in [-0.3, -0.25) is 9.89 Å². The van der Waals surface area contributed by atoms with E-state index < -0.39 is 5.91 Å². The van der Waals surface area contributed by atoms with E-state index in [0.29, 0.717) is 29.3 Å². The second-order valence-electron chi connectivity index (χ2n) is 5.78. The fourth-order valence-electron chi connectivity index (χ4n) is 2.53. The number of hydrogen-bond acceptors (Lipinski definition) is 5. The van der Waals surface area contributed by atoms with Crippen LogP contribution in [0.25, 0.3) is 11.3 Å². The summed E-state index contributed by atoms with van der Waals surface area (Å²) >= 11 is 0. The zero-order valence-corrected chi connectivity index (χ0v) is 15.1. The number of hydrazone groups is 1. The molecule has 3 rings (SSSR count). The molecule has 0 saturated heterocycles. The van der Waals surface area contributed by atoms with Gasteiger partial charge in [0.2, 0.25) is 0 Å². The van der Waals surface area contributed by atoms with Crippen LogP contribution in [0.3, 0.4) is 0 Å². The normalized spacial score (nSPS) is 11.3. The fraction of sp³-hybridized carbons (Fsp3) is 0.150. The first-order valence-corrected chi connectivity index (χ1v) is 8.50. The van der Waals surface area contributed by atoms with Crippen LogP contribution in [0.2, 0.25) is 0 Å². The highest BCUT2D eigenvalue weighted by atomic mass is 16.5. The van der Waals surface area contributed by atoms with Crippen molar-refractivity contribution in [2.45, 2.75) is 13.8 Å². The Morgan fingerprint density at radius 3 is 2.81 bits per heavy atom. The van der Waals surface area contributed by atoms with Crippen molar-refractivity contribution in [1.29, 1.82) is 0 Å². The van der Waals surface area contributed by atoms with Gasteiger partial charge in [-0.05, 0) is 44.2 Å². The second-order valence-corrected chi connectivity index (χ2v) is 5.78. The number of nitrogens with zero attached hydrogens (tertiary/aromatic N) is 2. The monoisotopic (exact) mass is 364 g/mol. The molecule has 3 N–H and O–H groups in total. The van der Waals surface area contributed by atoms with E-state index in [1.807, 2.05) is 31.2 Å². The number of carbonyl (C=O) groups excluding carboxylic acids is 1. The summed E-state index contributed by atoms with van der Waals surface area (Å²) in [5.41, 5.74) is 5.46. The quantitative estimate of drug-likeness (QED) is 0.461. The lowest BCUT2D eigenvalue weighted by molar-refractivity contribution is 0.0950. The van der Waals surface area contributed by atoms with E-state index in [1.165, 1.54) is 0 Å². The number of benzene rings is 2. The van der Waals surface area contributed by atoms with Crippen LogP contribution in [0.1, 0.15) is 29.9 Å². The predicted molar refractivity (Wildman–Crippen MR) is 103 cm³/mol. The van der Waals surface area contributed by atoms with Gasteiger partial charge in [0.05, 0.1) is 18.0 Å². The summed E-state index contributed by atoms with van der Waals surface area (Å²) < 4.78 is 5.60. The summed E-state index contributed by atoms with van der Waals surface area (Å²) in [4.78, 5) is 12.3. The highest BCUT2D eigenvalue weighted by molar-refractivity contribution is 6.00. The Hall–Kier alpha value is -3.61. The van der Waals surface area contributed by atoms with Crippen molar-refractivity contribution in [2.75, 3.05) is 6.61 Å². The maximum Gasteiger partial charge on any atom is 0.289 e. The van der Waals surface area contributed by atoms with Crippen LogP contribution >= 0.6 is 0 Å². The zero-order chi connectivity index (χ0) is 19.2. The van der Waals surface area contributed by atoms with Gasteiger partial charge in [0.15, 0.2) is 0 Å². The number of H-pyrrole nitrogens is 1. The molecule has 0 aliphatic carbocycles. The predicted octanol–water partition coefficient (Wildman–Crippen LogP) is 3.34. The van der Waals surface area contributed by atoms with Crippen molar-refractivity contribution >= 4 is 11.6 Å². The lowest BCUT2D eigenvalue weighted by atomic mass is 10.1. The van der Waals surface area contributed by atoms with Gasteiger partial charge in [0.25, 0.3) is 5.91 Å². The van der Waals surface area contributed by atoms with E-state index in [2.05, 4.69) is 20.7 Å². The summed E-state index contributed by atoms with van der Waals surface area (Å²) in [5, 5.41) is 20.5. The molecule has 0 radical (unpaired) electrons. The first kappa shape index (κ1) is 18.2. The number of ether oxygens (including phenoxy) is 1. The molecule has 1 heterocycles. The number of phenolic OH excluding ortho intramolecular Hbond substituents is 1. The number of aromatic nitrogens is 2. The third kappa shape index (κ3) is 4.33. The number of rotatable bonds is 6. The standard InChI is InChI=1S/C20H20N4O3/c1-3-27-19-10-5-4-9-16(19)17-12-18(23-22-17)20(26)24-21-13(2)14-7-6-8-15(25)11-14/h4-12,25H,3H2,1-2H3,(H,22,23)(H,24,26)/b21-13+. The number of hydrogen-bond donors (Lipinski definition) is 3. The molecule has 138 valence electrons. The molecule has 7 heteroatoms. The van der Waals surface area contributed by atoms with E-state index in [0.717, 1.165) is 5.56 Å². The number of aromatic amines is 1. The van der Waals surface area contributed by atoms with Crippen molar-refractivity contribution in [1.82, 2.24) is 15.6 Å². The van der Waals surface area contributed by atoms with Crippen molar-refractivity contribution in [3.05, 3.63) is 65.9 Å². The van der Waals surface area contributed by atoms with E-state index in [-0.39, 0.29) is 11.4 Å². The summed E-state index contributed by atoms with van der Waals surface area (Å²) in [5.74, 6) is 0.429. The third-order valence-electron chi connectivity index (χ3n) is 3.87. The Labute approximate surface area is 156 Å². The lowest BCUT2D eigenvalue weighted by Crippen LogP contribution is -2.19. The Balaban J connectivity index is 1.75. The minimum absolute atomic E-state index is 0.138. The van der Waals surface area contributed by atoms with E-state index in [4.69, 9.17) is 4.74 Å². The number of para-hydroxylation sites is 1. The molecule has 0 aliphatic rings. The van der Waals surface area contributed by atoms with Gasteiger partial charge in [-0.1, -0.05) is 24.3 Å². The molecule has 1 amide bonds. The van der Waals surface area contributed by atoms with Crippen molar-refractivity contribution in [2.24, 2.45) is 5.10 Å². The molecule has 0 bridgehead atoms. The highest BCUT2D eigenvalue weighted by Crippen LogP contribution is 2.28. The van der Waals surface area contributed by atoms with Crippen LogP contribution in [-0.2, 0) is 0 Å². The number of amides is 1. The molecular formula is C20H20N4O3. The van der Waals surface area contributed by atoms with Gasteiger partial charge < -0.3 is 9.84 Å². The lowest BCUT2D eigenvalue weighted by Gasteiger charge is -2.07. The Morgan fingerprint density at radius 1 is 1.22 bits per heavy atom. The van der Waals surface area contributed by atoms with E-state index in [9.17, 15) is 9.90 Å². The number of carbonyl (C=O) groups is 1. The highest BCUT2D eigenvalue weighted by Gasteiger charge is 2.13. The maximum absolute atomic E-state index is 12.3. The molecule has 0 spiro atoms. The van der Waals surface area contributed by atoms with Crippen molar-refractivity contribution in [3.63, 3.8) is 0 Å². The number of aromatic hydroxyl groups is 1. The maximum atomic E-state index is 12.3. The topological polar surface area (TPSA) is 99.6 Å². The van der Waals surface area contributed by atoms with Crippen LogP contribution < -0.4 is 10.2 Å². The first-order chi connectivity index (χ1) is 13.1. The molecule has 0 saturated carbocycles. The molecule has 0 fully saturated rings. The Bertz CT molecular complexity index is 979. The average Bonchev–Trinajstić information content (AvgIpc) is 3.16. The minimum atomic E-state index is -0.415. The van der Waals surface area contributed by atoms with Gasteiger partial charge in [0.1, 0.15) is 17.2 Å². The zero-order valence-electron chi connectivity index (χ0n) is 15.1. The van der Waals surface area contributed by atoms with Crippen LogP contribution in [-0.4, -0.2) is 33.5 Å². The van der Waals surface area contributed by atoms with E-state index in [1.54, 1.807) is 37.3 Å². The van der Waals surface area contributed by atoms with Gasteiger partial charge in [-0.25, -0.2) is 5.43 Å².